The average molecular weight is 253 g/mol. The van der Waals surface area contributed by atoms with Gasteiger partial charge in [0.15, 0.2) is 0 Å². The zero-order valence-electron chi connectivity index (χ0n) is 11.6. The summed E-state index contributed by atoms with van der Waals surface area (Å²) in [7, 11) is 0. The first kappa shape index (κ1) is 13.5. The Morgan fingerprint density at radius 1 is 1.11 bits per heavy atom. The molecule has 1 N–H and O–H groups in total. The Morgan fingerprint density at radius 2 is 1.67 bits per heavy atom. The molecule has 1 nitrogen and oxygen atoms in total. The van der Waals surface area contributed by atoms with Gasteiger partial charge in [-0.15, -0.1) is 0 Å². The summed E-state index contributed by atoms with van der Waals surface area (Å²) in [5.41, 5.74) is 0.935. The van der Waals surface area contributed by atoms with Crippen molar-refractivity contribution >= 4 is 0 Å². The maximum Gasteiger partial charge on any atom is 0.130 e. The highest BCUT2D eigenvalue weighted by molar-refractivity contribution is 5.24. The SMILES string of the molecule is CC(NC1C(C)(C)C1(C)C)c1ccc(F)cc1F. The summed E-state index contributed by atoms with van der Waals surface area (Å²) in [6.07, 6.45) is 0. The molecule has 0 spiro atoms. The molecule has 1 aliphatic rings. The van der Waals surface area contributed by atoms with Gasteiger partial charge < -0.3 is 5.32 Å². The monoisotopic (exact) mass is 253 g/mol. The summed E-state index contributed by atoms with van der Waals surface area (Å²) in [5, 5.41) is 3.45. The average Bonchev–Trinajstić information content (AvgIpc) is 2.60. The minimum absolute atomic E-state index is 0.114. The third-order valence-electron chi connectivity index (χ3n) is 4.87. The number of benzene rings is 1. The van der Waals surface area contributed by atoms with Crippen LogP contribution in [0.15, 0.2) is 18.2 Å². The molecule has 0 saturated heterocycles. The zero-order chi connectivity index (χ0) is 13.7. The second-order valence-electron chi connectivity index (χ2n) is 6.43. The fraction of sp³-hybridized carbons (Fsp3) is 0.600. The highest BCUT2D eigenvalue weighted by Crippen LogP contribution is 2.63. The third kappa shape index (κ3) is 1.95. The van der Waals surface area contributed by atoms with E-state index in [9.17, 15) is 8.78 Å². The Morgan fingerprint density at radius 3 is 2.11 bits per heavy atom. The first-order chi connectivity index (χ1) is 8.18. The van der Waals surface area contributed by atoms with Crippen LogP contribution in [0.3, 0.4) is 0 Å². The summed E-state index contributed by atoms with van der Waals surface area (Å²) in [5.74, 6) is -1.01. The molecule has 0 amide bonds. The maximum atomic E-state index is 13.7. The van der Waals surface area contributed by atoms with Gasteiger partial charge in [0, 0.05) is 23.7 Å². The second kappa shape index (κ2) is 4.02. The molecule has 0 aromatic heterocycles. The molecule has 0 radical (unpaired) electrons. The van der Waals surface area contributed by atoms with Crippen LogP contribution in [-0.4, -0.2) is 6.04 Å². The summed E-state index contributed by atoms with van der Waals surface area (Å²) in [6, 6.07) is 4.00. The lowest BCUT2D eigenvalue weighted by Gasteiger charge is -2.16. The van der Waals surface area contributed by atoms with Crippen LogP contribution in [0.2, 0.25) is 0 Å². The van der Waals surface area contributed by atoms with Crippen molar-refractivity contribution in [2.75, 3.05) is 0 Å². The fourth-order valence-corrected chi connectivity index (χ4v) is 2.81. The molecule has 100 valence electrons. The van der Waals surface area contributed by atoms with Crippen molar-refractivity contribution in [1.29, 1.82) is 0 Å². The van der Waals surface area contributed by atoms with E-state index >= 15 is 0 Å². The number of nitrogens with one attached hydrogen (secondary N) is 1. The Balaban J connectivity index is 2.12. The Hall–Kier alpha value is -0.960. The van der Waals surface area contributed by atoms with Crippen LogP contribution in [0.4, 0.5) is 8.78 Å². The molecular formula is C15H21F2N. The summed E-state index contributed by atoms with van der Waals surface area (Å²) in [4.78, 5) is 0. The maximum absolute atomic E-state index is 13.7. The van der Waals surface area contributed by atoms with Gasteiger partial charge in [-0.1, -0.05) is 33.8 Å². The molecule has 1 aliphatic carbocycles. The van der Waals surface area contributed by atoms with Crippen molar-refractivity contribution in [2.45, 2.75) is 46.7 Å². The van der Waals surface area contributed by atoms with E-state index in [1.54, 1.807) is 0 Å². The van der Waals surface area contributed by atoms with Crippen LogP contribution in [0.25, 0.3) is 0 Å². The Kier molecular flexibility index (Phi) is 3.01. The smallest absolute Gasteiger partial charge is 0.130 e. The number of rotatable bonds is 3. The minimum Gasteiger partial charge on any atom is -0.306 e. The summed E-state index contributed by atoms with van der Waals surface area (Å²) in [6.45, 7) is 10.7. The van der Waals surface area contributed by atoms with Crippen molar-refractivity contribution < 1.29 is 8.78 Å². The molecule has 1 aromatic carbocycles. The van der Waals surface area contributed by atoms with Gasteiger partial charge >= 0.3 is 0 Å². The second-order valence-corrected chi connectivity index (χ2v) is 6.43. The lowest BCUT2D eigenvalue weighted by Crippen LogP contribution is -2.26. The van der Waals surface area contributed by atoms with Crippen molar-refractivity contribution in [2.24, 2.45) is 10.8 Å². The van der Waals surface area contributed by atoms with E-state index in [1.165, 1.54) is 12.1 Å². The highest BCUT2D eigenvalue weighted by Gasteiger charge is 2.64. The molecule has 0 heterocycles. The number of halogens is 2. The van der Waals surface area contributed by atoms with Crippen LogP contribution < -0.4 is 5.32 Å². The van der Waals surface area contributed by atoms with E-state index in [0.717, 1.165) is 6.07 Å². The van der Waals surface area contributed by atoms with Crippen molar-refractivity contribution in [3.05, 3.63) is 35.4 Å². The van der Waals surface area contributed by atoms with Gasteiger partial charge in [0.25, 0.3) is 0 Å². The van der Waals surface area contributed by atoms with Gasteiger partial charge in [0.2, 0.25) is 0 Å². The Bertz CT molecular complexity index is 452. The van der Waals surface area contributed by atoms with Crippen molar-refractivity contribution in [1.82, 2.24) is 5.32 Å². The van der Waals surface area contributed by atoms with Gasteiger partial charge in [0.1, 0.15) is 11.6 Å². The third-order valence-corrected chi connectivity index (χ3v) is 4.87. The van der Waals surface area contributed by atoms with E-state index in [0.29, 0.717) is 11.6 Å². The first-order valence-electron chi connectivity index (χ1n) is 6.39. The van der Waals surface area contributed by atoms with Gasteiger partial charge in [-0.25, -0.2) is 8.78 Å². The molecular weight excluding hydrogens is 232 g/mol. The van der Waals surface area contributed by atoms with Crippen molar-refractivity contribution in [3.63, 3.8) is 0 Å². The van der Waals surface area contributed by atoms with Crippen LogP contribution in [0, 0.1) is 22.5 Å². The van der Waals surface area contributed by atoms with Gasteiger partial charge in [-0.05, 0) is 23.8 Å². The van der Waals surface area contributed by atoms with E-state index in [-0.39, 0.29) is 16.9 Å². The molecule has 1 fully saturated rings. The summed E-state index contributed by atoms with van der Waals surface area (Å²) < 4.78 is 26.5. The quantitative estimate of drug-likeness (QED) is 0.857. The van der Waals surface area contributed by atoms with E-state index in [4.69, 9.17) is 0 Å². The van der Waals surface area contributed by atoms with Crippen molar-refractivity contribution in [3.8, 4) is 0 Å². The van der Waals surface area contributed by atoms with Crippen LogP contribution in [0.5, 0.6) is 0 Å². The standard InChI is InChI=1S/C15H21F2N/c1-9(11-7-6-10(16)8-12(11)17)18-13-14(2,3)15(13,4)5/h6-9,13,18H,1-5H3. The van der Waals surface area contributed by atoms with Crippen LogP contribution >= 0.6 is 0 Å². The molecule has 18 heavy (non-hydrogen) atoms. The zero-order valence-corrected chi connectivity index (χ0v) is 11.6. The van der Waals surface area contributed by atoms with E-state index in [2.05, 4.69) is 33.0 Å². The molecule has 1 atom stereocenters. The largest absolute Gasteiger partial charge is 0.306 e. The molecule has 0 aliphatic heterocycles. The van der Waals surface area contributed by atoms with Gasteiger partial charge in [-0.2, -0.15) is 0 Å². The summed E-state index contributed by atoms with van der Waals surface area (Å²) >= 11 is 0. The molecule has 1 unspecified atom stereocenters. The fourth-order valence-electron chi connectivity index (χ4n) is 2.81. The van der Waals surface area contributed by atoms with Gasteiger partial charge in [0.05, 0.1) is 0 Å². The molecule has 1 saturated carbocycles. The van der Waals surface area contributed by atoms with E-state index in [1.807, 2.05) is 6.92 Å². The molecule has 1 aromatic rings. The normalized spacial score (nSPS) is 22.8. The lowest BCUT2D eigenvalue weighted by atomic mass is 10.0. The molecule has 0 bridgehead atoms. The van der Waals surface area contributed by atoms with Crippen LogP contribution in [0.1, 0.15) is 46.2 Å². The topological polar surface area (TPSA) is 12.0 Å². The molecule has 2 rings (SSSR count). The predicted octanol–water partition coefficient (Wildman–Crippen LogP) is 4.05. The molecule has 3 heteroatoms. The predicted molar refractivity (Wildman–Crippen MR) is 69.3 cm³/mol. The van der Waals surface area contributed by atoms with Gasteiger partial charge in [-0.3, -0.25) is 0 Å². The van der Waals surface area contributed by atoms with E-state index < -0.39 is 11.6 Å². The van der Waals surface area contributed by atoms with Crippen LogP contribution in [-0.2, 0) is 0 Å². The lowest BCUT2D eigenvalue weighted by molar-refractivity contribution is 0.457. The highest BCUT2D eigenvalue weighted by atomic mass is 19.1. The number of hydrogen-bond acceptors (Lipinski definition) is 1. The first-order valence-corrected chi connectivity index (χ1v) is 6.39. The Labute approximate surface area is 108 Å². The number of hydrogen-bond donors (Lipinski definition) is 1. The minimum atomic E-state index is -0.532.